The predicted octanol–water partition coefficient (Wildman–Crippen LogP) is 2.47. The summed E-state index contributed by atoms with van der Waals surface area (Å²) in [6, 6.07) is 1.68. The van der Waals surface area contributed by atoms with Crippen LogP contribution in [-0.4, -0.2) is 8.96 Å². The first kappa shape index (κ1) is 8.83. The second kappa shape index (κ2) is 3.19. The van der Waals surface area contributed by atoms with Crippen LogP contribution in [0.1, 0.15) is 0 Å². The smallest absolute Gasteiger partial charge is 0.273 e. The van der Waals surface area contributed by atoms with Gasteiger partial charge in [-0.15, -0.1) is 3.89 Å². The fraction of sp³-hybridized carbons (Fsp3) is 0. The van der Waals surface area contributed by atoms with Crippen LogP contribution in [0.2, 0.25) is 0 Å². The first-order chi connectivity index (χ1) is 6.24. The Bertz CT molecular complexity index is 507. The van der Waals surface area contributed by atoms with Gasteiger partial charge in [-0.05, 0) is 22.0 Å². The monoisotopic (exact) mass is 262 g/mol. The van der Waals surface area contributed by atoms with Crippen molar-refractivity contribution >= 4 is 39.2 Å². The second-order valence-electron chi connectivity index (χ2n) is 2.44. The molecule has 13 heavy (non-hydrogen) atoms. The van der Waals surface area contributed by atoms with E-state index in [9.17, 15) is 8.68 Å². The normalized spacial score (nSPS) is 10.9. The molecule has 0 aliphatic heterocycles. The third-order valence-corrected chi connectivity index (χ3v) is 2.84. The Morgan fingerprint density at radius 3 is 3.08 bits per heavy atom. The minimum atomic E-state index is -0.298. The Hall–Kier alpha value is -0.750. The summed E-state index contributed by atoms with van der Waals surface area (Å²) in [4.78, 5) is 13.8. The lowest BCUT2D eigenvalue weighted by Gasteiger charge is -1.95. The van der Waals surface area contributed by atoms with Crippen LogP contribution in [0.3, 0.4) is 0 Å². The largest absolute Gasteiger partial charge is 0.326 e. The number of hydrogen-bond acceptors (Lipinski definition) is 2. The van der Waals surface area contributed by atoms with Gasteiger partial charge in [0.25, 0.3) is 5.56 Å². The number of pyridine rings is 1. The van der Waals surface area contributed by atoms with Gasteiger partial charge < -0.3 is 4.98 Å². The summed E-state index contributed by atoms with van der Waals surface area (Å²) < 4.78 is 14.2. The molecule has 0 fully saturated rings. The van der Waals surface area contributed by atoms with E-state index in [1.807, 2.05) is 0 Å². The summed E-state index contributed by atoms with van der Waals surface area (Å²) in [6.45, 7) is 0. The number of H-pyrrole nitrogens is 1. The zero-order chi connectivity index (χ0) is 9.42. The minimum absolute atomic E-state index is 0.00366. The van der Waals surface area contributed by atoms with Gasteiger partial charge in [0.15, 0.2) is 12.3 Å². The summed E-state index contributed by atoms with van der Waals surface area (Å²) in [5, 5.41) is 0.703. The Labute approximate surface area is 85.5 Å². The molecule has 1 N–H and O–H groups in total. The van der Waals surface area contributed by atoms with Gasteiger partial charge in [-0.2, -0.15) is 0 Å². The van der Waals surface area contributed by atoms with Crippen LogP contribution in [-0.2, 0) is 0 Å². The van der Waals surface area contributed by atoms with E-state index in [4.69, 9.17) is 0 Å². The minimum Gasteiger partial charge on any atom is -0.326 e. The highest BCUT2D eigenvalue weighted by molar-refractivity contribution is 9.10. The topological polar surface area (TPSA) is 37.8 Å². The Morgan fingerprint density at radius 1 is 1.62 bits per heavy atom. The van der Waals surface area contributed by atoms with Gasteiger partial charge in [0.05, 0.1) is 0 Å². The van der Waals surface area contributed by atoms with Gasteiger partial charge in [0.2, 0.25) is 0 Å². The fourth-order valence-electron chi connectivity index (χ4n) is 1.16. The summed E-state index contributed by atoms with van der Waals surface area (Å²) >= 11 is 3.26. The van der Waals surface area contributed by atoms with Gasteiger partial charge in [0.1, 0.15) is 5.52 Å². The van der Waals surface area contributed by atoms with E-state index in [0.29, 0.717) is 10.9 Å². The molecule has 2 aromatic heterocycles. The van der Waals surface area contributed by atoms with Crippen molar-refractivity contribution < 1.29 is 3.89 Å². The zero-order valence-corrected chi connectivity index (χ0v) is 8.65. The van der Waals surface area contributed by atoms with Gasteiger partial charge in [-0.25, -0.2) is 0 Å². The predicted molar refractivity (Wildman–Crippen MR) is 54.4 cm³/mol. The first-order valence-electron chi connectivity index (χ1n) is 3.41. The third kappa shape index (κ3) is 1.30. The number of halogens is 2. The molecule has 3 nitrogen and oxygen atoms in total. The molecule has 0 aliphatic carbocycles. The average molecular weight is 263 g/mol. The number of aromatic nitrogens is 2. The van der Waals surface area contributed by atoms with Crippen LogP contribution in [0.15, 0.2) is 27.7 Å². The highest BCUT2D eigenvalue weighted by Gasteiger charge is 2.08. The number of nitrogens with zero attached hydrogens (tertiary/aromatic N) is 1. The number of nitrogens with one attached hydrogen (secondary N) is 1. The van der Waals surface area contributed by atoms with E-state index in [2.05, 4.69) is 20.9 Å². The van der Waals surface area contributed by atoms with Gasteiger partial charge in [0, 0.05) is 22.3 Å². The van der Waals surface area contributed by atoms with E-state index in [-0.39, 0.29) is 17.9 Å². The summed E-state index contributed by atoms with van der Waals surface area (Å²) in [6.07, 6.45) is 3.05. The van der Waals surface area contributed by atoms with Crippen molar-refractivity contribution in [2.24, 2.45) is 0 Å². The summed E-state index contributed by atoms with van der Waals surface area (Å²) in [5.41, 5.74) is 0.0234. The lowest BCUT2D eigenvalue weighted by Crippen LogP contribution is -2.07. The van der Waals surface area contributed by atoms with Crippen molar-refractivity contribution in [3.05, 3.63) is 33.3 Å². The molecule has 0 radical (unpaired) electrons. The molecule has 2 aromatic rings. The molecule has 0 amide bonds. The van der Waals surface area contributed by atoms with Crippen LogP contribution in [0.5, 0.6) is 0 Å². The molecule has 0 aromatic carbocycles. The maximum absolute atomic E-state index is 12.3. The summed E-state index contributed by atoms with van der Waals surface area (Å²) in [5.74, 6) is 0. The number of aromatic amines is 1. The van der Waals surface area contributed by atoms with Crippen molar-refractivity contribution in [2.45, 2.75) is 0 Å². The van der Waals surface area contributed by atoms with E-state index in [1.165, 1.54) is 16.4 Å². The standard InChI is InChI=1S/C7H4BrFN2OS/c8-5-3-10-7(12)6-4(5)1-2-11(6)13-9/h1-3H,(H,10,12). The van der Waals surface area contributed by atoms with Crippen LogP contribution in [0.25, 0.3) is 10.9 Å². The number of fused-ring (bicyclic) bond motifs is 1. The zero-order valence-electron chi connectivity index (χ0n) is 6.25. The molecule has 0 unspecified atom stereocenters. The molecular formula is C7H4BrFN2OS. The van der Waals surface area contributed by atoms with Crippen LogP contribution in [0.4, 0.5) is 3.89 Å². The Kier molecular flexibility index (Phi) is 2.17. The maximum Gasteiger partial charge on any atom is 0.273 e. The van der Waals surface area contributed by atoms with Gasteiger partial charge >= 0.3 is 0 Å². The van der Waals surface area contributed by atoms with E-state index >= 15 is 0 Å². The van der Waals surface area contributed by atoms with Crippen molar-refractivity contribution in [2.75, 3.05) is 0 Å². The van der Waals surface area contributed by atoms with Gasteiger partial charge in [-0.3, -0.25) is 8.77 Å². The van der Waals surface area contributed by atoms with Crippen LogP contribution < -0.4 is 5.56 Å². The van der Waals surface area contributed by atoms with Crippen molar-refractivity contribution in [1.29, 1.82) is 0 Å². The molecule has 6 heteroatoms. The highest BCUT2D eigenvalue weighted by Crippen LogP contribution is 2.24. The maximum atomic E-state index is 12.3. The molecule has 2 heterocycles. The lowest BCUT2D eigenvalue weighted by molar-refractivity contribution is 0.920. The highest BCUT2D eigenvalue weighted by atomic mass is 79.9. The average Bonchev–Trinajstić information content (AvgIpc) is 2.56. The molecule has 0 atom stereocenters. The molecule has 68 valence electrons. The van der Waals surface area contributed by atoms with Crippen molar-refractivity contribution in [1.82, 2.24) is 8.96 Å². The number of hydrogen-bond donors (Lipinski definition) is 1. The van der Waals surface area contributed by atoms with E-state index in [0.717, 1.165) is 4.47 Å². The van der Waals surface area contributed by atoms with Crippen LogP contribution >= 0.6 is 28.3 Å². The molecule has 0 spiro atoms. The summed E-state index contributed by atoms with van der Waals surface area (Å²) in [7, 11) is 0. The third-order valence-electron chi connectivity index (χ3n) is 1.73. The molecule has 0 saturated heterocycles. The SMILES string of the molecule is O=c1[nH]cc(Br)c2ccn(SF)c12. The first-order valence-corrected chi connectivity index (χ1v) is 4.88. The van der Waals surface area contributed by atoms with E-state index in [1.54, 1.807) is 6.07 Å². The number of rotatable bonds is 1. The fourth-order valence-corrected chi connectivity index (χ4v) is 1.95. The van der Waals surface area contributed by atoms with E-state index < -0.39 is 0 Å². The molecule has 0 bridgehead atoms. The lowest BCUT2D eigenvalue weighted by atomic mass is 10.3. The van der Waals surface area contributed by atoms with Crippen molar-refractivity contribution in [3.8, 4) is 0 Å². The van der Waals surface area contributed by atoms with Crippen LogP contribution in [0, 0.1) is 0 Å². The molecule has 0 saturated carbocycles. The second-order valence-corrected chi connectivity index (χ2v) is 3.82. The van der Waals surface area contributed by atoms with Crippen molar-refractivity contribution in [3.63, 3.8) is 0 Å². The molecular weight excluding hydrogens is 259 g/mol. The molecule has 0 aliphatic rings. The Balaban J connectivity index is 2.96. The molecule has 2 rings (SSSR count). The van der Waals surface area contributed by atoms with Gasteiger partial charge in [-0.1, -0.05) is 0 Å². The Morgan fingerprint density at radius 2 is 2.38 bits per heavy atom. The quantitative estimate of drug-likeness (QED) is 0.858.